The Hall–Kier alpha value is -3.12. The van der Waals surface area contributed by atoms with Crippen LogP contribution in [-0.2, 0) is 14.3 Å². The van der Waals surface area contributed by atoms with E-state index in [1.165, 1.54) is 6.07 Å². The van der Waals surface area contributed by atoms with Crippen LogP contribution in [0.5, 0.6) is 0 Å². The second kappa shape index (κ2) is 8.09. The van der Waals surface area contributed by atoms with Crippen LogP contribution in [0, 0.1) is 13.8 Å². The van der Waals surface area contributed by atoms with Gasteiger partial charge in [-0.1, -0.05) is 29.8 Å². The summed E-state index contributed by atoms with van der Waals surface area (Å²) < 4.78 is 5.18. The summed E-state index contributed by atoms with van der Waals surface area (Å²) >= 11 is 6.19. The van der Waals surface area contributed by atoms with Gasteiger partial charge < -0.3 is 10.1 Å². The smallest absolute Gasteiger partial charge is 0.338 e. The molecule has 1 N–H and O–H groups in total. The van der Waals surface area contributed by atoms with Crippen LogP contribution in [-0.4, -0.2) is 23.9 Å². The Kier molecular flexibility index (Phi) is 5.75. The van der Waals surface area contributed by atoms with Crippen molar-refractivity contribution in [1.82, 2.24) is 0 Å². The highest BCUT2D eigenvalue weighted by molar-refractivity contribution is 6.53. The number of carbonyl (C=O) groups is 3. The van der Waals surface area contributed by atoms with Gasteiger partial charge in [0.2, 0.25) is 0 Å². The number of anilines is 2. The fraction of sp³-hybridized carbons (Fsp3) is 0.227. The summed E-state index contributed by atoms with van der Waals surface area (Å²) in [5.74, 6) is -1.78. The van der Waals surface area contributed by atoms with Crippen molar-refractivity contribution in [3.63, 3.8) is 0 Å². The quantitative estimate of drug-likeness (QED) is 0.585. The van der Waals surface area contributed by atoms with E-state index in [1.807, 2.05) is 32.0 Å². The van der Waals surface area contributed by atoms with E-state index in [-0.39, 0.29) is 28.1 Å². The summed E-state index contributed by atoms with van der Waals surface area (Å²) in [7, 11) is 0. The molecule has 2 aromatic rings. The molecule has 0 aromatic heterocycles. The summed E-state index contributed by atoms with van der Waals surface area (Å²) in [5.41, 5.74) is 3.08. The van der Waals surface area contributed by atoms with Crippen LogP contribution in [0.15, 0.2) is 53.2 Å². The number of halogens is 1. The molecular weight excluding hydrogens is 392 g/mol. The number of hydrogen-bond acceptors (Lipinski definition) is 5. The van der Waals surface area contributed by atoms with Crippen molar-refractivity contribution < 1.29 is 19.1 Å². The fourth-order valence-corrected chi connectivity index (χ4v) is 3.12. The van der Waals surface area contributed by atoms with Crippen LogP contribution in [0.2, 0.25) is 0 Å². The zero-order valence-electron chi connectivity index (χ0n) is 16.6. The summed E-state index contributed by atoms with van der Waals surface area (Å²) in [6.45, 7) is 7.30. The molecule has 1 heterocycles. The first-order valence-electron chi connectivity index (χ1n) is 9.13. The number of carbonyl (C=O) groups excluding carboxylic acids is 3. The highest BCUT2D eigenvalue weighted by atomic mass is 35.5. The first-order chi connectivity index (χ1) is 13.7. The molecule has 6 nitrogen and oxygen atoms in total. The molecule has 1 aliphatic heterocycles. The van der Waals surface area contributed by atoms with Gasteiger partial charge in [0.05, 0.1) is 17.4 Å². The van der Waals surface area contributed by atoms with Gasteiger partial charge in [0.1, 0.15) is 10.7 Å². The van der Waals surface area contributed by atoms with E-state index in [9.17, 15) is 14.4 Å². The topological polar surface area (TPSA) is 75.7 Å². The van der Waals surface area contributed by atoms with Crippen molar-refractivity contribution >= 4 is 40.8 Å². The average Bonchev–Trinajstić information content (AvgIpc) is 2.87. The maximum atomic E-state index is 13.0. The molecule has 0 atom stereocenters. The third-order valence-electron chi connectivity index (χ3n) is 4.36. The molecule has 7 heteroatoms. The van der Waals surface area contributed by atoms with Crippen molar-refractivity contribution in [1.29, 1.82) is 0 Å². The lowest BCUT2D eigenvalue weighted by Gasteiger charge is -2.17. The summed E-state index contributed by atoms with van der Waals surface area (Å²) in [6, 6.07) is 11.9. The lowest BCUT2D eigenvalue weighted by molar-refractivity contribution is -0.120. The molecule has 0 saturated carbocycles. The highest BCUT2D eigenvalue weighted by Gasteiger charge is 2.39. The molecule has 2 aromatic carbocycles. The minimum atomic E-state index is -0.654. The number of amides is 2. The number of esters is 1. The number of hydrogen-bond donors (Lipinski definition) is 1. The lowest BCUT2D eigenvalue weighted by Crippen LogP contribution is -2.32. The largest absolute Gasteiger partial charge is 0.459 e. The van der Waals surface area contributed by atoms with Crippen LogP contribution in [0.3, 0.4) is 0 Å². The molecule has 3 rings (SSSR count). The standard InChI is InChI=1S/C22H21ClN2O4/c1-12(2)29-22(28)15-6-5-7-16(11-15)25-20(26)18(23)19(21(25)27)24-17-10-13(3)8-9-14(17)4/h5-12,24H,1-4H3. The average molecular weight is 413 g/mol. The van der Waals surface area contributed by atoms with Gasteiger partial charge in [-0.05, 0) is 63.1 Å². The van der Waals surface area contributed by atoms with Crippen molar-refractivity contribution in [2.45, 2.75) is 33.8 Å². The van der Waals surface area contributed by atoms with Crippen molar-refractivity contribution in [2.75, 3.05) is 10.2 Å². The highest BCUT2D eigenvalue weighted by Crippen LogP contribution is 2.31. The van der Waals surface area contributed by atoms with Gasteiger partial charge in [0, 0.05) is 5.69 Å². The minimum Gasteiger partial charge on any atom is -0.459 e. The predicted molar refractivity (Wildman–Crippen MR) is 112 cm³/mol. The SMILES string of the molecule is Cc1ccc(C)c(NC2=C(Cl)C(=O)N(c3cccc(C(=O)OC(C)C)c3)C2=O)c1. The van der Waals surface area contributed by atoms with E-state index in [4.69, 9.17) is 16.3 Å². The molecule has 0 aliphatic carbocycles. The van der Waals surface area contributed by atoms with Crippen LogP contribution in [0.1, 0.15) is 35.3 Å². The number of ether oxygens (including phenoxy) is 1. The second-order valence-electron chi connectivity index (χ2n) is 7.08. The molecule has 0 unspecified atom stereocenters. The van der Waals surface area contributed by atoms with E-state index in [1.54, 1.807) is 32.0 Å². The Morgan fingerprint density at radius 1 is 1.07 bits per heavy atom. The Labute approximate surface area is 174 Å². The minimum absolute atomic E-state index is 0.000488. The molecule has 0 bridgehead atoms. The predicted octanol–water partition coefficient (Wildman–Crippen LogP) is 4.30. The fourth-order valence-electron chi connectivity index (χ4n) is 2.91. The summed E-state index contributed by atoms with van der Waals surface area (Å²) in [5, 5.41) is 2.78. The lowest BCUT2D eigenvalue weighted by atomic mass is 10.1. The number of imide groups is 1. The third-order valence-corrected chi connectivity index (χ3v) is 4.71. The van der Waals surface area contributed by atoms with Gasteiger partial charge in [-0.15, -0.1) is 0 Å². The van der Waals surface area contributed by atoms with Crippen molar-refractivity contribution in [3.8, 4) is 0 Å². The number of nitrogens with one attached hydrogen (secondary N) is 1. The van der Waals surface area contributed by atoms with Gasteiger partial charge >= 0.3 is 5.97 Å². The third kappa shape index (κ3) is 4.17. The Balaban J connectivity index is 1.90. The van der Waals surface area contributed by atoms with Crippen LogP contribution >= 0.6 is 11.6 Å². The van der Waals surface area contributed by atoms with Gasteiger partial charge in [-0.25, -0.2) is 9.69 Å². The van der Waals surface area contributed by atoms with Gasteiger partial charge in [0.15, 0.2) is 0 Å². The van der Waals surface area contributed by atoms with E-state index in [2.05, 4.69) is 5.32 Å². The number of rotatable bonds is 5. The second-order valence-corrected chi connectivity index (χ2v) is 7.46. The maximum Gasteiger partial charge on any atom is 0.338 e. The number of nitrogens with zero attached hydrogens (tertiary/aromatic N) is 1. The molecule has 0 fully saturated rings. The molecule has 2 amide bonds. The van der Waals surface area contributed by atoms with E-state index in [0.29, 0.717) is 5.69 Å². The van der Waals surface area contributed by atoms with Crippen molar-refractivity contribution in [2.24, 2.45) is 0 Å². The van der Waals surface area contributed by atoms with Gasteiger partial charge in [-0.2, -0.15) is 0 Å². The van der Waals surface area contributed by atoms with E-state index >= 15 is 0 Å². The molecule has 29 heavy (non-hydrogen) atoms. The zero-order valence-corrected chi connectivity index (χ0v) is 17.3. The normalized spacial score (nSPS) is 14.1. The first-order valence-corrected chi connectivity index (χ1v) is 9.50. The molecule has 1 aliphatic rings. The summed E-state index contributed by atoms with van der Waals surface area (Å²) in [4.78, 5) is 38.8. The van der Waals surface area contributed by atoms with Crippen LogP contribution in [0.4, 0.5) is 11.4 Å². The summed E-state index contributed by atoms with van der Waals surface area (Å²) in [6.07, 6.45) is -0.286. The Morgan fingerprint density at radius 3 is 2.48 bits per heavy atom. The monoisotopic (exact) mass is 412 g/mol. The Bertz CT molecular complexity index is 1040. The zero-order chi connectivity index (χ0) is 21.3. The van der Waals surface area contributed by atoms with E-state index < -0.39 is 17.8 Å². The van der Waals surface area contributed by atoms with Crippen LogP contribution < -0.4 is 10.2 Å². The first kappa shape index (κ1) is 20.6. The van der Waals surface area contributed by atoms with Gasteiger partial charge in [0.25, 0.3) is 11.8 Å². The number of benzene rings is 2. The van der Waals surface area contributed by atoms with Crippen molar-refractivity contribution in [3.05, 3.63) is 69.9 Å². The van der Waals surface area contributed by atoms with Crippen LogP contribution in [0.25, 0.3) is 0 Å². The van der Waals surface area contributed by atoms with E-state index in [0.717, 1.165) is 16.0 Å². The molecule has 0 radical (unpaired) electrons. The molecule has 0 spiro atoms. The Morgan fingerprint density at radius 2 is 1.79 bits per heavy atom. The maximum absolute atomic E-state index is 13.0. The molecular formula is C22H21ClN2O4. The van der Waals surface area contributed by atoms with Gasteiger partial charge in [-0.3, -0.25) is 9.59 Å². The number of aryl methyl sites for hydroxylation is 2. The molecule has 150 valence electrons. The molecule has 0 saturated heterocycles.